The van der Waals surface area contributed by atoms with Gasteiger partial charge in [0.05, 0.1) is 10.3 Å². The van der Waals surface area contributed by atoms with Gasteiger partial charge in [-0.2, -0.15) is 0 Å². The number of hydrogen-bond acceptors (Lipinski definition) is 3. The maximum atomic E-state index is 11.3. The third-order valence-corrected chi connectivity index (χ3v) is 3.55. The molecule has 0 aromatic heterocycles. The Labute approximate surface area is 127 Å². The van der Waals surface area contributed by atoms with Gasteiger partial charge in [0.2, 0.25) is 5.91 Å². The van der Waals surface area contributed by atoms with E-state index in [9.17, 15) is 14.9 Å². The summed E-state index contributed by atoms with van der Waals surface area (Å²) in [5.41, 5.74) is 3.87. The highest BCUT2D eigenvalue weighted by molar-refractivity contribution is 9.09. The summed E-state index contributed by atoms with van der Waals surface area (Å²) < 4.78 is 0. The van der Waals surface area contributed by atoms with Crippen molar-refractivity contribution in [2.75, 3.05) is 10.6 Å². The second kappa shape index (κ2) is 6.68. The summed E-state index contributed by atoms with van der Waals surface area (Å²) in [6.45, 7) is 6.17. The van der Waals surface area contributed by atoms with E-state index in [1.807, 2.05) is 0 Å². The van der Waals surface area contributed by atoms with Crippen molar-refractivity contribution in [1.29, 1.82) is 0 Å². The quantitative estimate of drug-likeness (QED) is 0.298. The molecular weight excluding hydrogens is 340 g/mol. The molecule has 0 heterocycles. The first-order chi connectivity index (χ1) is 9.23. The van der Waals surface area contributed by atoms with Gasteiger partial charge >= 0.3 is 0 Å². The molecule has 20 heavy (non-hydrogen) atoms. The maximum absolute atomic E-state index is 11.3. The molecule has 106 valence electrons. The number of alkyl halides is 1. The summed E-state index contributed by atoms with van der Waals surface area (Å²) in [5, 5.41) is 13.8. The van der Waals surface area contributed by atoms with Gasteiger partial charge in [0.25, 0.3) is 5.69 Å². The van der Waals surface area contributed by atoms with Crippen LogP contribution in [0.15, 0.2) is 18.2 Å². The van der Waals surface area contributed by atoms with Crippen LogP contribution in [0.2, 0.25) is 19.6 Å². The molecule has 7 heteroatoms. The molecule has 0 saturated carbocycles. The highest BCUT2D eigenvalue weighted by atomic mass is 79.9. The van der Waals surface area contributed by atoms with Gasteiger partial charge in [-0.1, -0.05) is 41.5 Å². The number of nitro benzene ring substituents is 1. The van der Waals surface area contributed by atoms with Crippen molar-refractivity contribution in [2.24, 2.45) is 0 Å². The Kier molecular flexibility index (Phi) is 5.48. The zero-order chi connectivity index (χ0) is 15.3. The lowest BCUT2D eigenvalue weighted by Gasteiger charge is -2.06. The third kappa shape index (κ3) is 5.15. The number of carbonyl (C=O) groups excluding carboxylic acids is 1. The van der Waals surface area contributed by atoms with Crippen LogP contribution in [0.4, 0.5) is 11.4 Å². The second-order valence-electron chi connectivity index (χ2n) is 5.17. The zero-order valence-corrected chi connectivity index (χ0v) is 14.1. The van der Waals surface area contributed by atoms with Crippen molar-refractivity contribution in [3.63, 3.8) is 0 Å². The molecule has 1 aromatic carbocycles. The van der Waals surface area contributed by atoms with Gasteiger partial charge in [0, 0.05) is 11.8 Å². The molecule has 0 aliphatic heterocycles. The molecule has 1 aromatic rings. The standard InChI is InChI=1S/C13H15BrN2O3Si/c1-20(2,3)7-6-10-8-11(15-13(17)9-14)4-5-12(10)16(18)19/h4-5,8H,9H2,1-3H3,(H,15,17). The minimum Gasteiger partial charge on any atom is -0.325 e. The van der Waals surface area contributed by atoms with Crippen LogP contribution in [0.25, 0.3) is 0 Å². The van der Waals surface area contributed by atoms with Crippen LogP contribution >= 0.6 is 15.9 Å². The van der Waals surface area contributed by atoms with Crippen molar-refractivity contribution >= 4 is 41.3 Å². The molecule has 0 spiro atoms. The summed E-state index contributed by atoms with van der Waals surface area (Å²) in [6.07, 6.45) is 0. The van der Waals surface area contributed by atoms with E-state index in [1.165, 1.54) is 18.2 Å². The molecule has 1 rings (SSSR count). The Hall–Kier alpha value is -1.65. The van der Waals surface area contributed by atoms with Gasteiger partial charge < -0.3 is 5.32 Å². The highest BCUT2D eigenvalue weighted by Crippen LogP contribution is 2.22. The van der Waals surface area contributed by atoms with Gasteiger partial charge in [0.1, 0.15) is 13.6 Å². The van der Waals surface area contributed by atoms with Crippen LogP contribution in [-0.2, 0) is 4.79 Å². The number of nitrogens with zero attached hydrogens (tertiary/aromatic N) is 1. The Morgan fingerprint density at radius 2 is 2.10 bits per heavy atom. The molecule has 0 fully saturated rings. The molecular formula is C13H15BrN2O3Si. The number of anilines is 1. The molecule has 0 aliphatic carbocycles. The maximum Gasteiger partial charge on any atom is 0.285 e. The molecule has 0 unspecified atom stereocenters. The third-order valence-electron chi connectivity index (χ3n) is 2.17. The van der Waals surface area contributed by atoms with E-state index in [-0.39, 0.29) is 16.9 Å². The Morgan fingerprint density at radius 1 is 1.45 bits per heavy atom. The van der Waals surface area contributed by atoms with Crippen molar-refractivity contribution in [3.8, 4) is 11.5 Å². The normalized spacial score (nSPS) is 10.4. The monoisotopic (exact) mass is 354 g/mol. The minimum absolute atomic E-state index is 0.0485. The number of nitrogens with one attached hydrogen (secondary N) is 1. The number of amides is 1. The minimum atomic E-state index is -1.63. The first-order valence-electron chi connectivity index (χ1n) is 5.90. The summed E-state index contributed by atoms with van der Waals surface area (Å²) in [6, 6.07) is 4.39. The lowest BCUT2D eigenvalue weighted by atomic mass is 10.1. The van der Waals surface area contributed by atoms with Gasteiger partial charge in [-0.3, -0.25) is 14.9 Å². The summed E-state index contributed by atoms with van der Waals surface area (Å²) in [7, 11) is -1.63. The average molecular weight is 355 g/mol. The molecule has 1 N–H and O–H groups in total. The molecule has 0 aliphatic rings. The summed E-state index contributed by atoms with van der Waals surface area (Å²) in [5.74, 6) is 2.65. The number of rotatable bonds is 3. The molecule has 0 bridgehead atoms. The van der Waals surface area contributed by atoms with Crippen molar-refractivity contribution in [2.45, 2.75) is 19.6 Å². The largest absolute Gasteiger partial charge is 0.325 e. The summed E-state index contributed by atoms with van der Waals surface area (Å²) in [4.78, 5) is 21.8. The predicted molar refractivity (Wildman–Crippen MR) is 85.7 cm³/mol. The lowest BCUT2D eigenvalue weighted by molar-refractivity contribution is -0.385. The van der Waals surface area contributed by atoms with E-state index in [0.29, 0.717) is 11.3 Å². The number of nitro groups is 1. The average Bonchev–Trinajstić information content (AvgIpc) is 2.35. The Balaban J connectivity index is 3.21. The van der Waals surface area contributed by atoms with Crippen LogP contribution < -0.4 is 5.32 Å². The Bertz CT molecular complexity index is 600. The van der Waals surface area contributed by atoms with Gasteiger partial charge in [0.15, 0.2) is 0 Å². The molecule has 1 amide bonds. The van der Waals surface area contributed by atoms with Crippen LogP contribution in [0.3, 0.4) is 0 Å². The van der Waals surface area contributed by atoms with E-state index >= 15 is 0 Å². The summed E-state index contributed by atoms with van der Waals surface area (Å²) >= 11 is 3.04. The number of halogens is 1. The predicted octanol–water partition coefficient (Wildman–Crippen LogP) is 3.16. The second-order valence-corrected chi connectivity index (χ2v) is 10.5. The number of benzene rings is 1. The fourth-order valence-corrected chi connectivity index (χ4v) is 1.97. The van der Waals surface area contributed by atoms with E-state index < -0.39 is 13.0 Å². The highest BCUT2D eigenvalue weighted by Gasteiger charge is 2.14. The van der Waals surface area contributed by atoms with E-state index in [1.54, 1.807) is 0 Å². The molecule has 0 saturated heterocycles. The SMILES string of the molecule is C[Si](C)(C)C#Cc1cc(NC(=O)CBr)ccc1[N+](=O)[O-]. The Morgan fingerprint density at radius 3 is 2.60 bits per heavy atom. The topological polar surface area (TPSA) is 72.2 Å². The number of hydrogen-bond donors (Lipinski definition) is 1. The van der Waals surface area contributed by atoms with Crippen LogP contribution in [-0.4, -0.2) is 24.2 Å². The van der Waals surface area contributed by atoms with E-state index in [2.05, 4.69) is 52.4 Å². The van der Waals surface area contributed by atoms with Crippen molar-refractivity contribution in [3.05, 3.63) is 33.9 Å². The van der Waals surface area contributed by atoms with Gasteiger partial charge in [-0.05, 0) is 12.1 Å². The van der Waals surface area contributed by atoms with Crippen LogP contribution in [0, 0.1) is 21.6 Å². The first-order valence-corrected chi connectivity index (χ1v) is 10.5. The smallest absolute Gasteiger partial charge is 0.285 e. The number of carbonyl (C=O) groups is 1. The zero-order valence-electron chi connectivity index (χ0n) is 11.5. The fraction of sp³-hybridized carbons (Fsp3) is 0.308. The fourth-order valence-electron chi connectivity index (χ4n) is 1.32. The molecule has 5 nitrogen and oxygen atoms in total. The first kappa shape index (κ1) is 16.4. The molecule has 0 atom stereocenters. The van der Waals surface area contributed by atoms with Crippen LogP contribution in [0.5, 0.6) is 0 Å². The molecule has 0 radical (unpaired) electrons. The van der Waals surface area contributed by atoms with Crippen molar-refractivity contribution < 1.29 is 9.72 Å². The van der Waals surface area contributed by atoms with Crippen LogP contribution in [0.1, 0.15) is 5.56 Å². The lowest BCUT2D eigenvalue weighted by Crippen LogP contribution is -2.16. The van der Waals surface area contributed by atoms with Gasteiger partial charge in [-0.25, -0.2) is 0 Å². The van der Waals surface area contributed by atoms with Crippen molar-refractivity contribution in [1.82, 2.24) is 0 Å². The van der Waals surface area contributed by atoms with E-state index in [4.69, 9.17) is 0 Å². The van der Waals surface area contributed by atoms with E-state index in [0.717, 1.165) is 0 Å². The van der Waals surface area contributed by atoms with Gasteiger partial charge in [-0.15, -0.1) is 5.54 Å².